The van der Waals surface area contributed by atoms with E-state index in [9.17, 15) is 5.11 Å². The van der Waals surface area contributed by atoms with E-state index in [0.29, 0.717) is 5.75 Å². The van der Waals surface area contributed by atoms with Crippen molar-refractivity contribution in [3.63, 3.8) is 0 Å². The van der Waals surface area contributed by atoms with Crippen molar-refractivity contribution in [2.75, 3.05) is 0 Å². The second kappa shape index (κ2) is 3.87. The summed E-state index contributed by atoms with van der Waals surface area (Å²) >= 11 is 0. The summed E-state index contributed by atoms with van der Waals surface area (Å²) in [5, 5.41) is 14.6. The van der Waals surface area contributed by atoms with Crippen LogP contribution in [0.5, 0.6) is 5.75 Å². The van der Waals surface area contributed by atoms with Gasteiger partial charge in [0.15, 0.2) is 5.75 Å². The van der Waals surface area contributed by atoms with Crippen LogP contribution >= 0.6 is 0 Å². The third-order valence-electron chi connectivity index (χ3n) is 2.50. The summed E-state index contributed by atoms with van der Waals surface area (Å²) in [5.41, 5.74) is 1.67. The number of rotatable bonds is 2. The van der Waals surface area contributed by atoms with Crippen molar-refractivity contribution >= 4 is 0 Å². The number of nitrogens with zero attached hydrogens (tertiary/aromatic N) is 2. The van der Waals surface area contributed by atoms with Gasteiger partial charge in [-0.15, -0.1) is 0 Å². The highest BCUT2D eigenvalue weighted by atomic mass is 16.3. The summed E-state index contributed by atoms with van der Waals surface area (Å²) in [6, 6.07) is 0. The maximum atomic E-state index is 10.1. The lowest BCUT2D eigenvalue weighted by molar-refractivity contribution is 0.338. The van der Waals surface area contributed by atoms with Crippen LogP contribution in [0, 0.1) is 0 Å². The minimum atomic E-state index is -0.0734. The summed E-state index contributed by atoms with van der Waals surface area (Å²) in [6.07, 6.45) is 0.808. The molecule has 0 aliphatic carbocycles. The molecule has 0 aromatic carbocycles. The van der Waals surface area contributed by atoms with Gasteiger partial charge in [0, 0.05) is 5.92 Å². The molecule has 15 heavy (non-hydrogen) atoms. The first-order chi connectivity index (χ1) is 6.79. The predicted octanol–water partition coefficient (Wildman–Crippen LogP) is 3.03. The van der Waals surface area contributed by atoms with Crippen molar-refractivity contribution in [1.82, 2.24) is 9.78 Å². The first-order valence-electron chi connectivity index (χ1n) is 5.60. The fraction of sp³-hybridized carbons (Fsp3) is 0.750. The summed E-state index contributed by atoms with van der Waals surface area (Å²) in [7, 11) is 0. The molecule has 1 rings (SSSR count). The third-order valence-corrected chi connectivity index (χ3v) is 2.50. The van der Waals surface area contributed by atoms with E-state index >= 15 is 0 Å². The van der Waals surface area contributed by atoms with E-state index in [1.807, 2.05) is 11.6 Å². The Hall–Kier alpha value is -0.990. The molecule has 0 aliphatic rings. The topological polar surface area (TPSA) is 38.1 Å². The molecule has 0 saturated carbocycles. The lowest BCUT2D eigenvalue weighted by Crippen LogP contribution is -2.25. The fourth-order valence-corrected chi connectivity index (χ4v) is 1.72. The highest BCUT2D eigenvalue weighted by Gasteiger charge is 2.24. The molecule has 86 valence electrons. The zero-order valence-corrected chi connectivity index (χ0v) is 10.6. The van der Waals surface area contributed by atoms with Gasteiger partial charge in [-0.1, -0.05) is 20.8 Å². The first-order valence-corrected chi connectivity index (χ1v) is 5.60. The number of aromatic nitrogens is 2. The molecular formula is C12H22N2O. The van der Waals surface area contributed by atoms with Gasteiger partial charge in [0.05, 0.1) is 11.2 Å². The minimum Gasteiger partial charge on any atom is -0.504 e. The van der Waals surface area contributed by atoms with Gasteiger partial charge in [-0.05, 0) is 27.2 Å². The normalized spacial score (nSPS) is 12.5. The van der Waals surface area contributed by atoms with Crippen LogP contribution in [0.4, 0.5) is 0 Å². The average Bonchev–Trinajstić information content (AvgIpc) is 2.41. The zero-order valence-electron chi connectivity index (χ0n) is 10.6. The quantitative estimate of drug-likeness (QED) is 0.814. The Balaban J connectivity index is 3.35. The van der Waals surface area contributed by atoms with Crippen LogP contribution in [0.15, 0.2) is 0 Å². The maximum absolute atomic E-state index is 10.1. The van der Waals surface area contributed by atoms with Gasteiger partial charge in [0.2, 0.25) is 0 Å². The van der Waals surface area contributed by atoms with Gasteiger partial charge in [-0.25, -0.2) is 0 Å². The smallest absolute Gasteiger partial charge is 0.160 e. The molecule has 0 aliphatic heterocycles. The Kier molecular flexibility index (Phi) is 3.12. The molecule has 0 saturated heterocycles. The molecule has 3 heteroatoms. The molecule has 0 unspecified atom stereocenters. The molecule has 0 atom stereocenters. The van der Waals surface area contributed by atoms with Crippen LogP contribution in [0.2, 0.25) is 0 Å². The van der Waals surface area contributed by atoms with Crippen molar-refractivity contribution in [2.45, 2.75) is 59.4 Å². The average molecular weight is 210 g/mol. The maximum Gasteiger partial charge on any atom is 0.160 e. The Bertz CT molecular complexity index is 345. The van der Waals surface area contributed by atoms with Crippen LogP contribution in [-0.4, -0.2) is 14.9 Å². The van der Waals surface area contributed by atoms with E-state index in [1.165, 1.54) is 0 Å². The van der Waals surface area contributed by atoms with E-state index in [1.54, 1.807) is 0 Å². The highest BCUT2D eigenvalue weighted by Crippen LogP contribution is 2.31. The van der Waals surface area contributed by atoms with Crippen molar-refractivity contribution in [3.05, 3.63) is 11.4 Å². The Morgan fingerprint density at radius 1 is 1.33 bits per heavy atom. The molecule has 0 fully saturated rings. The van der Waals surface area contributed by atoms with Crippen LogP contribution in [-0.2, 0) is 12.0 Å². The molecule has 1 heterocycles. The van der Waals surface area contributed by atoms with Crippen molar-refractivity contribution < 1.29 is 5.11 Å². The van der Waals surface area contributed by atoms with Gasteiger partial charge in [0.25, 0.3) is 0 Å². The molecule has 0 amide bonds. The molecule has 0 radical (unpaired) electrons. The Morgan fingerprint density at radius 3 is 2.13 bits per heavy atom. The van der Waals surface area contributed by atoms with Gasteiger partial charge < -0.3 is 5.11 Å². The second-order valence-corrected chi connectivity index (χ2v) is 5.27. The largest absolute Gasteiger partial charge is 0.504 e. The molecule has 3 nitrogen and oxygen atoms in total. The summed E-state index contributed by atoms with van der Waals surface area (Å²) in [4.78, 5) is 0. The van der Waals surface area contributed by atoms with Gasteiger partial charge >= 0.3 is 0 Å². The van der Waals surface area contributed by atoms with E-state index < -0.39 is 0 Å². The van der Waals surface area contributed by atoms with E-state index in [-0.39, 0.29) is 11.5 Å². The number of hydrogen-bond acceptors (Lipinski definition) is 2. The van der Waals surface area contributed by atoms with Crippen LogP contribution in [0.3, 0.4) is 0 Å². The summed E-state index contributed by atoms with van der Waals surface area (Å²) in [5.74, 6) is 0.640. The molecule has 1 aromatic rings. The SMILES string of the molecule is CCc1c(O)c(C(C)C)nn1C(C)(C)C. The Labute approximate surface area is 92.1 Å². The van der Waals surface area contributed by atoms with Crippen molar-refractivity contribution in [1.29, 1.82) is 0 Å². The molecule has 0 spiro atoms. The first kappa shape index (κ1) is 12.1. The standard InChI is InChI=1S/C12H22N2O/c1-7-9-11(15)10(8(2)3)13-14(9)12(4,5)6/h8,15H,7H2,1-6H3. The van der Waals surface area contributed by atoms with E-state index in [4.69, 9.17) is 0 Å². The second-order valence-electron chi connectivity index (χ2n) is 5.27. The van der Waals surface area contributed by atoms with Crippen molar-refractivity contribution in [2.24, 2.45) is 0 Å². The molecular weight excluding hydrogens is 188 g/mol. The van der Waals surface area contributed by atoms with Crippen molar-refractivity contribution in [3.8, 4) is 5.75 Å². The summed E-state index contributed by atoms with van der Waals surface area (Å²) < 4.78 is 1.94. The number of aromatic hydroxyl groups is 1. The highest BCUT2D eigenvalue weighted by molar-refractivity contribution is 5.34. The van der Waals surface area contributed by atoms with Crippen LogP contribution in [0.25, 0.3) is 0 Å². The minimum absolute atomic E-state index is 0.0734. The van der Waals surface area contributed by atoms with Gasteiger partial charge in [-0.2, -0.15) is 5.10 Å². The molecule has 0 bridgehead atoms. The monoisotopic (exact) mass is 210 g/mol. The fourth-order valence-electron chi connectivity index (χ4n) is 1.72. The van der Waals surface area contributed by atoms with E-state index in [2.05, 4.69) is 39.7 Å². The molecule has 1 aromatic heterocycles. The molecule has 1 N–H and O–H groups in total. The lowest BCUT2D eigenvalue weighted by Gasteiger charge is -2.21. The predicted molar refractivity (Wildman–Crippen MR) is 62.4 cm³/mol. The van der Waals surface area contributed by atoms with Gasteiger partial charge in [-0.3, -0.25) is 4.68 Å². The number of hydrogen-bond donors (Lipinski definition) is 1. The zero-order chi connectivity index (χ0) is 11.8. The van der Waals surface area contributed by atoms with Crippen LogP contribution < -0.4 is 0 Å². The van der Waals surface area contributed by atoms with Crippen LogP contribution in [0.1, 0.15) is 58.8 Å². The third kappa shape index (κ3) is 2.16. The summed E-state index contributed by atoms with van der Waals surface area (Å²) in [6.45, 7) is 12.4. The lowest BCUT2D eigenvalue weighted by atomic mass is 10.1. The van der Waals surface area contributed by atoms with E-state index in [0.717, 1.165) is 17.8 Å². The van der Waals surface area contributed by atoms with Gasteiger partial charge in [0.1, 0.15) is 5.69 Å². The Morgan fingerprint density at radius 2 is 1.87 bits per heavy atom.